The molecular weight excluding hydrogens is 204 g/mol. The topological polar surface area (TPSA) is 66.6 Å². The number of hydrogen-bond donors (Lipinski definition) is 2. The fraction of sp³-hybridized carbons (Fsp3) is 0.0909. The first-order chi connectivity index (χ1) is 7.88. The molecule has 3 rings (SSSR count). The van der Waals surface area contributed by atoms with E-state index in [-0.39, 0.29) is 0 Å². The summed E-state index contributed by atoms with van der Waals surface area (Å²) in [7, 11) is 1.65. The van der Waals surface area contributed by atoms with Crippen LogP contribution in [0.2, 0.25) is 0 Å². The number of ether oxygens (including phenoxy) is 1. The zero-order chi connectivity index (χ0) is 11.0. The van der Waals surface area contributed by atoms with E-state index in [1.165, 1.54) is 0 Å². The smallest absolute Gasteiger partial charge is 0.119 e. The van der Waals surface area contributed by atoms with Crippen molar-refractivity contribution in [1.82, 2.24) is 20.4 Å². The third-order valence-electron chi connectivity index (χ3n) is 2.54. The molecule has 0 atom stereocenters. The van der Waals surface area contributed by atoms with Gasteiger partial charge in [-0.15, -0.1) is 0 Å². The molecule has 0 bridgehead atoms. The van der Waals surface area contributed by atoms with Gasteiger partial charge in [0.1, 0.15) is 11.4 Å². The second-order valence-corrected chi connectivity index (χ2v) is 3.47. The molecule has 3 aromatic rings. The van der Waals surface area contributed by atoms with Crippen LogP contribution in [0.4, 0.5) is 0 Å². The van der Waals surface area contributed by atoms with Crippen molar-refractivity contribution in [1.29, 1.82) is 0 Å². The Balaban J connectivity index is 2.25. The summed E-state index contributed by atoms with van der Waals surface area (Å²) in [5.74, 6) is 0.818. The lowest BCUT2D eigenvalue weighted by molar-refractivity contribution is 0.415. The first-order valence-corrected chi connectivity index (χ1v) is 4.90. The number of nitrogens with zero attached hydrogens (tertiary/aromatic N) is 2. The predicted molar refractivity (Wildman–Crippen MR) is 60.2 cm³/mol. The molecule has 0 aliphatic rings. The zero-order valence-corrected chi connectivity index (χ0v) is 8.69. The lowest BCUT2D eigenvalue weighted by Crippen LogP contribution is -1.81. The zero-order valence-electron chi connectivity index (χ0n) is 8.69. The molecule has 2 heterocycles. The molecule has 1 aromatic carbocycles. The van der Waals surface area contributed by atoms with Gasteiger partial charge in [0.2, 0.25) is 0 Å². The van der Waals surface area contributed by atoms with Crippen LogP contribution in [0.15, 0.2) is 30.6 Å². The molecule has 0 unspecified atom stereocenters. The lowest BCUT2D eigenvalue weighted by Gasteiger charge is -1.99. The molecule has 0 saturated carbocycles. The molecule has 80 valence electrons. The summed E-state index contributed by atoms with van der Waals surface area (Å²) >= 11 is 0. The van der Waals surface area contributed by atoms with Gasteiger partial charge < -0.3 is 4.74 Å². The van der Waals surface area contributed by atoms with Crippen LogP contribution in [-0.2, 0) is 0 Å². The van der Waals surface area contributed by atoms with Crippen molar-refractivity contribution in [3.63, 3.8) is 0 Å². The highest BCUT2D eigenvalue weighted by atomic mass is 16.5. The Kier molecular flexibility index (Phi) is 1.89. The van der Waals surface area contributed by atoms with Gasteiger partial charge in [-0.3, -0.25) is 10.2 Å². The number of aromatic nitrogens is 4. The first kappa shape index (κ1) is 8.96. The van der Waals surface area contributed by atoms with Gasteiger partial charge in [-0.1, -0.05) is 0 Å². The number of benzene rings is 1. The Morgan fingerprint density at radius 2 is 2.25 bits per heavy atom. The van der Waals surface area contributed by atoms with Crippen molar-refractivity contribution in [2.75, 3.05) is 7.11 Å². The SMILES string of the molecule is COc1ccc2[nH]nc(-c3cn[nH]c3)c2c1. The maximum Gasteiger partial charge on any atom is 0.119 e. The monoisotopic (exact) mass is 214 g/mol. The van der Waals surface area contributed by atoms with Crippen molar-refractivity contribution in [2.24, 2.45) is 0 Å². The van der Waals surface area contributed by atoms with Gasteiger partial charge >= 0.3 is 0 Å². The Morgan fingerprint density at radius 3 is 3.00 bits per heavy atom. The van der Waals surface area contributed by atoms with Crippen LogP contribution in [0.3, 0.4) is 0 Å². The highest BCUT2D eigenvalue weighted by molar-refractivity contribution is 5.93. The summed E-state index contributed by atoms with van der Waals surface area (Å²) < 4.78 is 5.20. The van der Waals surface area contributed by atoms with E-state index < -0.39 is 0 Å². The van der Waals surface area contributed by atoms with Crippen molar-refractivity contribution in [3.05, 3.63) is 30.6 Å². The predicted octanol–water partition coefficient (Wildman–Crippen LogP) is 1.96. The van der Waals surface area contributed by atoms with Gasteiger partial charge in [-0.05, 0) is 18.2 Å². The Labute approximate surface area is 91.4 Å². The highest BCUT2D eigenvalue weighted by Gasteiger charge is 2.09. The van der Waals surface area contributed by atoms with Crippen LogP contribution in [0.1, 0.15) is 0 Å². The van der Waals surface area contributed by atoms with E-state index in [2.05, 4.69) is 20.4 Å². The molecule has 0 aliphatic heterocycles. The molecule has 0 amide bonds. The van der Waals surface area contributed by atoms with E-state index in [4.69, 9.17) is 4.74 Å². The largest absolute Gasteiger partial charge is 0.497 e. The molecule has 2 N–H and O–H groups in total. The van der Waals surface area contributed by atoms with Crippen LogP contribution in [0.5, 0.6) is 5.75 Å². The number of aromatic amines is 2. The number of H-pyrrole nitrogens is 2. The average molecular weight is 214 g/mol. The van der Waals surface area contributed by atoms with E-state index in [0.717, 1.165) is 27.9 Å². The van der Waals surface area contributed by atoms with E-state index in [1.807, 2.05) is 24.4 Å². The summed E-state index contributed by atoms with van der Waals surface area (Å²) in [6.45, 7) is 0. The minimum atomic E-state index is 0.818. The van der Waals surface area contributed by atoms with Crippen LogP contribution in [-0.4, -0.2) is 27.5 Å². The number of fused-ring (bicyclic) bond motifs is 1. The van der Waals surface area contributed by atoms with Crippen molar-refractivity contribution in [3.8, 4) is 17.0 Å². The Hall–Kier alpha value is -2.30. The highest BCUT2D eigenvalue weighted by Crippen LogP contribution is 2.28. The molecule has 0 fully saturated rings. The maximum atomic E-state index is 5.20. The van der Waals surface area contributed by atoms with E-state index in [9.17, 15) is 0 Å². The fourth-order valence-electron chi connectivity index (χ4n) is 1.72. The minimum Gasteiger partial charge on any atom is -0.497 e. The average Bonchev–Trinajstić information content (AvgIpc) is 2.96. The third kappa shape index (κ3) is 1.25. The van der Waals surface area contributed by atoms with Gasteiger partial charge in [-0.25, -0.2) is 0 Å². The van der Waals surface area contributed by atoms with Gasteiger partial charge in [0.25, 0.3) is 0 Å². The van der Waals surface area contributed by atoms with Crippen LogP contribution in [0, 0.1) is 0 Å². The summed E-state index contributed by atoms with van der Waals surface area (Å²) in [4.78, 5) is 0. The summed E-state index contributed by atoms with van der Waals surface area (Å²) in [5.41, 5.74) is 2.82. The van der Waals surface area contributed by atoms with Gasteiger partial charge in [0, 0.05) is 17.1 Å². The van der Waals surface area contributed by atoms with Crippen molar-refractivity contribution < 1.29 is 4.74 Å². The van der Waals surface area contributed by atoms with E-state index in [1.54, 1.807) is 13.3 Å². The molecule has 0 spiro atoms. The summed E-state index contributed by atoms with van der Waals surface area (Å²) in [6, 6.07) is 5.81. The van der Waals surface area contributed by atoms with Crippen LogP contribution < -0.4 is 4.74 Å². The quantitative estimate of drug-likeness (QED) is 0.685. The molecular formula is C11H10N4O. The van der Waals surface area contributed by atoms with Crippen LogP contribution in [0.25, 0.3) is 22.2 Å². The third-order valence-corrected chi connectivity index (χ3v) is 2.54. The lowest BCUT2D eigenvalue weighted by atomic mass is 10.1. The second kappa shape index (κ2) is 3.37. The number of nitrogens with one attached hydrogen (secondary N) is 2. The van der Waals surface area contributed by atoms with E-state index >= 15 is 0 Å². The van der Waals surface area contributed by atoms with Gasteiger partial charge in [-0.2, -0.15) is 10.2 Å². The summed E-state index contributed by atoms with van der Waals surface area (Å²) in [6.07, 6.45) is 3.56. The molecule has 0 aliphatic carbocycles. The summed E-state index contributed by atoms with van der Waals surface area (Å²) in [5, 5.41) is 15.0. The maximum absolute atomic E-state index is 5.20. The number of methoxy groups -OCH3 is 1. The molecule has 5 heteroatoms. The molecule has 5 nitrogen and oxygen atoms in total. The molecule has 16 heavy (non-hydrogen) atoms. The second-order valence-electron chi connectivity index (χ2n) is 3.47. The van der Waals surface area contributed by atoms with Gasteiger partial charge in [0.15, 0.2) is 0 Å². The fourth-order valence-corrected chi connectivity index (χ4v) is 1.72. The van der Waals surface area contributed by atoms with Crippen LogP contribution >= 0.6 is 0 Å². The van der Waals surface area contributed by atoms with E-state index in [0.29, 0.717) is 0 Å². The first-order valence-electron chi connectivity index (χ1n) is 4.90. The standard InChI is InChI=1S/C11H10N4O/c1-16-8-2-3-10-9(4-8)11(15-14-10)7-5-12-13-6-7/h2-6H,1H3,(H,12,13)(H,14,15). The normalized spacial score (nSPS) is 10.8. The van der Waals surface area contributed by atoms with Gasteiger partial charge in [0.05, 0.1) is 18.8 Å². The van der Waals surface area contributed by atoms with Crippen molar-refractivity contribution in [2.45, 2.75) is 0 Å². The Bertz CT molecular complexity index is 612. The Morgan fingerprint density at radius 1 is 1.31 bits per heavy atom. The number of hydrogen-bond acceptors (Lipinski definition) is 3. The number of rotatable bonds is 2. The minimum absolute atomic E-state index is 0.818. The molecule has 0 radical (unpaired) electrons. The molecule has 0 saturated heterocycles. The van der Waals surface area contributed by atoms with Crippen molar-refractivity contribution >= 4 is 10.9 Å². The molecule has 2 aromatic heterocycles.